The molecule has 1 aliphatic heterocycles. The highest BCUT2D eigenvalue weighted by molar-refractivity contribution is 5.70. The van der Waals surface area contributed by atoms with Crippen molar-refractivity contribution in [1.82, 2.24) is 19.5 Å². The second-order valence-electron chi connectivity index (χ2n) is 5.25. The van der Waals surface area contributed by atoms with Gasteiger partial charge in [0.15, 0.2) is 11.2 Å². The Morgan fingerprint density at radius 3 is 3.00 bits per heavy atom. The van der Waals surface area contributed by atoms with Crippen molar-refractivity contribution in [3.05, 3.63) is 16.7 Å². The quantitative estimate of drug-likeness (QED) is 0.519. The molecule has 10 nitrogen and oxygen atoms in total. The number of rotatable bonds is 2. The van der Waals surface area contributed by atoms with Gasteiger partial charge in [-0.15, -0.1) is 0 Å². The van der Waals surface area contributed by atoms with Crippen molar-refractivity contribution < 1.29 is 14.9 Å². The second kappa shape index (κ2) is 4.77. The number of fused-ring (bicyclic) bond motifs is 1. The van der Waals surface area contributed by atoms with E-state index in [9.17, 15) is 20.3 Å². The number of aromatic amines is 1. The van der Waals surface area contributed by atoms with Crippen LogP contribution in [0.1, 0.15) is 13.2 Å². The van der Waals surface area contributed by atoms with Crippen molar-refractivity contribution in [3.63, 3.8) is 0 Å². The Labute approximate surface area is 123 Å². The first kappa shape index (κ1) is 14.5. The maximum atomic E-state index is 11.8. The van der Waals surface area contributed by atoms with Crippen molar-refractivity contribution >= 4 is 17.1 Å². The summed E-state index contributed by atoms with van der Waals surface area (Å²) in [7, 11) is 0. The van der Waals surface area contributed by atoms with Crippen LogP contribution in [-0.2, 0) is 4.74 Å². The van der Waals surface area contributed by atoms with Crippen molar-refractivity contribution in [1.29, 1.82) is 5.26 Å². The Balaban J connectivity index is 2.13. The van der Waals surface area contributed by atoms with E-state index in [1.807, 2.05) is 0 Å². The number of hydrogen-bond donors (Lipinski definition) is 4. The minimum absolute atomic E-state index is 0.0675. The maximum Gasteiger partial charge on any atom is 0.280 e. The van der Waals surface area contributed by atoms with Crippen LogP contribution in [0.25, 0.3) is 11.2 Å². The first-order valence-corrected chi connectivity index (χ1v) is 6.54. The van der Waals surface area contributed by atoms with Gasteiger partial charge in [-0.25, -0.2) is 4.98 Å². The summed E-state index contributed by atoms with van der Waals surface area (Å²) in [5.74, 6) is -0.620. The fraction of sp³-hybridized carbons (Fsp3) is 0.500. The smallest absolute Gasteiger partial charge is 0.280 e. The molecule has 0 aliphatic carbocycles. The predicted molar refractivity (Wildman–Crippen MR) is 73.3 cm³/mol. The molecule has 4 atom stereocenters. The molecule has 1 fully saturated rings. The van der Waals surface area contributed by atoms with Gasteiger partial charge in [-0.3, -0.25) is 14.3 Å². The Bertz CT molecular complexity index is 823. The highest BCUT2D eigenvalue weighted by Gasteiger charge is 2.54. The molecule has 5 N–H and O–H groups in total. The number of aliphatic hydroxyl groups is 2. The molecular weight excluding hydrogens is 292 g/mol. The average molecular weight is 306 g/mol. The Kier molecular flexibility index (Phi) is 3.13. The standard InChI is InChI=1S/C12H14N6O4/c1-5-7(20)12(2-13,3-19)22-10(5)18-4-15-6-8(18)16-11(14)17-9(6)21/h4-5,7,10,19-20H,3H2,1H3,(H3,14,16,17,21)/t5-,7-,10-,12+/m0/s1. The lowest BCUT2D eigenvalue weighted by Crippen LogP contribution is -2.43. The molecule has 3 rings (SSSR count). The molecule has 0 saturated carbocycles. The molecule has 116 valence electrons. The first-order chi connectivity index (χ1) is 10.4. The third-order valence-electron chi connectivity index (χ3n) is 3.91. The molecule has 22 heavy (non-hydrogen) atoms. The van der Waals surface area contributed by atoms with Gasteiger partial charge in [0.05, 0.1) is 12.9 Å². The molecule has 0 amide bonds. The van der Waals surface area contributed by atoms with E-state index in [1.165, 1.54) is 10.9 Å². The summed E-state index contributed by atoms with van der Waals surface area (Å²) in [4.78, 5) is 22.1. The summed E-state index contributed by atoms with van der Waals surface area (Å²) >= 11 is 0. The van der Waals surface area contributed by atoms with Gasteiger partial charge in [0.25, 0.3) is 5.56 Å². The number of aliphatic hydroxyl groups excluding tert-OH is 2. The topological polar surface area (TPSA) is 163 Å². The summed E-state index contributed by atoms with van der Waals surface area (Å²) in [5, 5.41) is 28.8. The van der Waals surface area contributed by atoms with Gasteiger partial charge in [-0.1, -0.05) is 6.92 Å². The van der Waals surface area contributed by atoms with Crippen molar-refractivity contribution in [3.8, 4) is 6.07 Å². The molecule has 3 heterocycles. The average Bonchev–Trinajstić information content (AvgIpc) is 3.01. The largest absolute Gasteiger partial charge is 0.392 e. The van der Waals surface area contributed by atoms with E-state index in [-0.39, 0.29) is 17.1 Å². The molecular formula is C12H14N6O4. The fourth-order valence-corrected chi connectivity index (χ4v) is 2.67. The number of hydrogen-bond acceptors (Lipinski definition) is 8. The number of imidazole rings is 1. The second-order valence-corrected chi connectivity index (χ2v) is 5.25. The number of nitrogen functional groups attached to an aromatic ring is 1. The van der Waals surface area contributed by atoms with Crippen molar-refractivity contribution in [2.75, 3.05) is 12.3 Å². The van der Waals surface area contributed by atoms with Crippen LogP contribution in [0.5, 0.6) is 0 Å². The van der Waals surface area contributed by atoms with Crippen LogP contribution in [0.3, 0.4) is 0 Å². The van der Waals surface area contributed by atoms with Crippen LogP contribution >= 0.6 is 0 Å². The van der Waals surface area contributed by atoms with E-state index in [0.717, 1.165) is 0 Å². The zero-order valence-electron chi connectivity index (χ0n) is 11.6. The molecule has 0 aromatic carbocycles. The molecule has 1 saturated heterocycles. The molecule has 2 aromatic heterocycles. The van der Waals surface area contributed by atoms with Crippen LogP contribution in [-0.4, -0.2) is 48.0 Å². The number of anilines is 1. The number of aromatic nitrogens is 4. The van der Waals surface area contributed by atoms with Gasteiger partial charge >= 0.3 is 0 Å². The monoisotopic (exact) mass is 306 g/mol. The third kappa shape index (κ3) is 1.80. The molecule has 2 aromatic rings. The zero-order chi connectivity index (χ0) is 16.1. The van der Waals surface area contributed by atoms with Crippen LogP contribution in [0.2, 0.25) is 0 Å². The summed E-state index contributed by atoms with van der Waals surface area (Å²) in [6.07, 6.45) is -0.699. The van der Waals surface area contributed by atoms with Crippen LogP contribution in [0.4, 0.5) is 5.95 Å². The minimum Gasteiger partial charge on any atom is -0.392 e. The fourth-order valence-electron chi connectivity index (χ4n) is 2.67. The third-order valence-corrected chi connectivity index (χ3v) is 3.91. The summed E-state index contributed by atoms with van der Waals surface area (Å²) in [5.41, 5.74) is 3.55. The summed E-state index contributed by atoms with van der Waals surface area (Å²) in [6, 6.07) is 1.80. The normalized spacial score (nSPS) is 31.5. The minimum atomic E-state index is -1.73. The van der Waals surface area contributed by atoms with Gasteiger partial charge < -0.3 is 20.7 Å². The molecule has 0 unspecified atom stereocenters. The highest BCUT2D eigenvalue weighted by atomic mass is 16.6. The van der Waals surface area contributed by atoms with E-state index >= 15 is 0 Å². The van der Waals surface area contributed by atoms with Crippen LogP contribution in [0.15, 0.2) is 11.1 Å². The number of nitrogens with one attached hydrogen (secondary N) is 1. The Morgan fingerprint density at radius 1 is 1.68 bits per heavy atom. The highest BCUT2D eigenvalue weighted by Crippen LogP contribution is 2.41. The number of H-pyrrole nitrogens is 1. The molecule has 0 bridgehead atoms. The molecule has 1 aliphatic rings. The predicted octanol–water partition coefficient (Wildman–Crippen LogP) is -1.52. The van der Waals surface area contributed by atoms with E-state index in [0.29, 0.717) is 0 Å². The van der Waals surface area contributed by atoms with Crippen LogP contribution < -0.4 is 11.3 Å². The number of nitriles is 1. The summed E-state index contributed by atoms with van der Waals surface area (Å²) in [6.45, 7) is 1.00. The van der Waals surface area contributed by atoms with E-state index in [1.54, 1.807) is 13.0 Å². The maximum absolute atomic E-state index is 11.8. The van der Waals surface area contributed by atoms with Gasteiger partial charge in [0.2, 0.25) is 11.5 Å². The molecule has 0 radical (unpaired) electrons. The summed E-state index contributed by atoms with van der Waals surface area (Å²) < 4.78 is 6.99. The van der Waals surface area contributed by atoms with Gasteiger partial charge in [-0.2, -0.15) is 10.2 Å². The molecule has 10 heteroatoms. The lowest BCUT2D eigenvalue weighted by molar-refractivity contribution is -0.0909. The van der Waals surface area contributed by atoms with E-state index < -0.39 is 36.0 Å². The Morgan fingerprint density at radius 2 is 2.41 bits per heavy atom. The lowest BCUT2D eigenvalue weighted by Gasteiger charge is -2.21. The van der Waals surface area contributed by atoms with Gasteiger partial charge in [0.1, 0.15) is 18.4 Å². The van der Waals surface area contributed by atoms with E-state index in [2.05, 4.69) is 15.0 Å². The van der Waals surface area contributed by atoms with E-state index in [4.69, 9.17) is 10.5 Å². The number of nitrogens with two attached hydrogens (primary N) is 1. The number of ether oxygens (including phenoxy) is 1. The lowest BCUT2D eigenvalue weighted by atomic mass is 9.92. The molecule has 0 spiro atoms. The van der Waals surface area contributed by atoms with Gasteiger partial charge in [0, 0.05) is 5.92 Å². The number of nitrogens with zero attached hydrogens (tertiary/aromatic N) is 4. The Hall–Kier alpha value is -2.48. The SMILES string of the molecule is C[C@@H]1[C@@H](n2cnc3c(=O)[nH]c(N)nc32)O[C@](C#N)(CO)[C@H]1O. The first-order valence-electron chi connectivity index (χ1n) is 6.54. The van der Waals surface area contributed by atoms with Crippen LogP contribution in [0, 0.1) is 17.2 Å². The van der Waals surface area contributed by atoms with Gasteiger partial charge in [-0.05, 0) is 0 Å². The zero-order valence-corrected chi connectivity index (χ0v) is 11.6. The van der Waals surface area contributed by atoms with Crippen molar-refractivity contribution in [2.24, 2.45) is 5.92 Å². The van der Waals surface area contributed by atoms with Crippen molar-refractivity contribution in [2.45, 2.75) is 24.9 Å².